The molecule has 2 aromatic rings. The van der Waals surface area contributed by atoms with Gasteiger partial charge < -0.3 is 4.74 Å². The van der Waals surface area contributed by atoms with Gasteiger partial charge in [-0.3, -0.25) is 9.78 Å². The fourth-order valence-electron chi connectivity index (χ4n) is 1.62. The summed E-state index contributed by atoms with van der Waals surface area (Å²) in [5.74, 6) is 0.373. The molecule has 0 aliphatic carbocycles. The van der Waals surface area contributed by atoms with Gasteiger partial charge in [-0.05, 0) is 19.1 Å². The van der Waals surface area contributed by atoms with Crippen LogP contribution in [-0.2, 0) is 0 Å². The third-order valence-corrected chi connectivity index (χ3v) is 3.36. The highest BCUT2D eigenvalue weighted by atomic mass is 35.5. The molecule has 0 atom stereocenters. The van der Waals surface area contributed by atoms with E-state index in [2.05, 4.69) is 4.98 Å². The first kappa shape index (κ1) is 13.7. The van der Waals surface area contributed by atoms with Crippen LogP contribution in [0.25, 0.3) is 5.69 Å². The zero-order chi connectivity index (χ0) is 14.2. The number of benzene rings is 1. The molecule has 0 bridgehead atoms. The van der Waals surface area contributed by atoms with Crippen LogP contribution in [0.4, 0.5) is 0 Å². The van der Waals surface area contributed by atoms with Crippen molar-refractivity contribution >= 4 is 23.2 Å². The van der Waals surface area contributed by atoms with E-state index in [9.17, 15) is 9.59 Å². The molecule has 7 heteroatoms. The van der Waals surface area contributed by atoms with Crippen LogP contribution in [0.3, 0.4) is 0 Å². The van der Waals surface area contributed by atoms with Gasteiger partial charge in [0.1, 0.15) is 10.9 Å². The Labute approximate surface area is 118 Å². The van der Waals surface area contributed by atoms with Crippen molar-refractivity contribution in [1.82, 2.24) is 9.55 Å². The van der Waals surface area contributed by atoms with Gasteiger partial charge in [-0.1, -0.05) is 23.2 Å². The topological polar surface area (TPSA) is 64.1 Å². The van der Waals surface area contributed by atoms with Crippen molar-refractivity contribution in [3.8, 4) is 11.4 Å². The molecule has 100 valence electrons. The molecule has 5 nitrogen and oxygen atoms in total. The van der Waals surface area contributed by atoms with E-state index in [1.165, 1.54) is 20.1 Å². The quantitative estimate of drug-likeness (QED) is 0.864. The zero-order valence-electron chi connectivity index (χ0n) is 10.2. The Kier molecular flexibility index (Phi) is 3.68. The Morgan fingerprint density at radius 1 is 1.26 bits per heavy atom. The number of halogens is 2. The minimum absolute atomic E-state index is 0.0344. The Hall–Kier alpha value is -1.72. The van der Waals surface area contributed by atoms with Gasteiger partial charge in [0.25, 0.3) is 5.56 Å². The minimum atomic E-state index is -0.620. The molecular formula is C12H10Cl2N2O3. The van der Waals surface area contributed by atoms with E-state index in [1.807, 2.05) is 0 Å². The maximum Gasteiger partial charge on any atom is 0.334 e. The average Bonchev–Trinajstić information content (AvgIpc) is 2.38. The summed E-state index contributed by atoms with van der Waals surface area (Å²) in [5, 5.41) is 0.425. The number of nitrogens with one attached hydrogen (secondary N) is 1. The number of hydrogen-bond acceptors (Lipinski definition) is 3. The van der Waals surface area contributed by atoms with Crippen LogP contribution in [0.2, 0.25) is 10.2 Å². The predicted molar refractivity (Wildman–Crippen MR) is 74.0 cm³/mol. The second-order valence-electron chi connectivity index (χ2n) is 3.83. The molecule has 0 fully saturated rings. The molecule has 0 unspecified atom stereocenters. The number of nitrogens with zero attached hydrogens (tertiary/aromatic N) is 1. The molecule has 0 aliphatic rings. The third-order valence-electron chi connectivity index (χ3n) is 2.67. The molecule has 0 amide bonds. The molecule has 1 aromatic heterocycles. The molecule has 19 heavy (non-hydrogen) atoms. The van der Waals surface area contributed by atoms with E-state index < -0.39 is 11.2 Å². The lowest BCUT2D eigenvalue weighted by molar-refractivity contribution is 0.415. The van der Waals surface area contributed by atoms with E-state index in [0.29, 0.717) is 16.5 Å². The van der Waals surface area contributed by atoms with Gasteiger partial charge in [-0.2, -0.15) is 0 Å². The summed E-state index contributed by atoms with van der Waals surface area (Å²) in [6, 6.07) is 4.60. The van der Waals surface area contributed by atoms with Crippen LogP contribution in [-0.4, -0.2) is 16.7 Å². The molecule has 1 N–H and O–H groups in total. The molecule has 1 aromatic carbocycles. The van der Waals surface area contributed by atoms with E-state index in [-0.39, 0.29) is 10.7 Å². The lowest BCUT2D eigenvalue weighted by atomic mass is 10.3. The molecule has 2 rings (SSSR count). The molecule has 0 spiro atoms. The Bertz CT molecular complexity index is 750. The van der Waals surface area contributed by atoms with Gasteiger partial charge in [-0.25, -0.2) is 9.36 Å². The molecule has 0 aliphatic heterocycles. The fourth-order valence-corrected chi connectivity index (χ4v) is 1.98. The highest BCUT2D eigenvalue weighted by Gasteiger charge is 2.12. The van der Waals surface area contributed by atoms with E-state index in [1.54, 1.807) is 12.1 Å². The number of methoxy groups -OCH3 is 1. The lowest BCUT2D eigenvalue weighted by Crippen LogP contribution is -2.35. The number of aromatic nitrogens is 2. The summed E-state index contributed by atoms with van der Waals surface area (Å²) < 4.78 is 6.03. The first-order valence-electron chi connectivity index (χ1n) is 5.31. The first-order valence-corrected chi connectivity index (χ1v) is 6.06. The largest absolute Gasteiger partial charge is 0.495 e. The van der Waals surface area contributed by atoms with E-state index in [0.717, 1.165) is 4.57 Å². The van der Waals surface area contributed by atoms with Crippen molar-refractivity contribution in [2.24, 2.45) is 0 Å². The maximum absolute atomic E-state index is 12.1. The maximum atomic E-state index is 12.1. The second kappa shape index (κ2) is 5.11. The van der Waals surface area contributed by atoms with Crippen molar-refractivity contribution in [3.05, 3.63) is 54.8 Å². The monoisotopic (exact) mass is 300 g/mol. The third kappa shape index (κ3) is 2.39. The summed E-state index contributed by atoms with van der Waals surface area (Å²) in [6.45, 7) is 1.53. The van der Waals surface area contributed by atoms with Crippen molar-refractivity contribution in [1.29, 1.82) is 0 Å². The summed E-state index contributed by atoms with van der Waals surface area (Å²) in [6.07, 6.45) is 0. The van der Waals surface area contributed by atoms with Crippen molar-refractivity contribution in [2.75, 3.05) is 7.11 Å². The van der Waals surface area contributed by atoms with E-state index >= 15 is 0 Å². The summed E-state index contributed by atoms with van der Waals surface area (Å²) in [5.41, 5.74) is -0.495. The average molecular weight is 301 g/mol. The normalized spacial score (nSPS) is 10.5. The zero-order valence-corrected chi connectivity index (χ0v) is 11.7. The highest BCUT2D eigenvalue weighted by Crippen LogP contribution is 2.25. The number of hydrogen-bond donors (Lipinski definition) is 1. The molecule has 0 saturated heterocycles. The van der Waals surface area contributed by atoms with Crippen LogP contribution >= 0.6 is 23.2 Å². The summed E-state index contributed by atoms with van der Waals surface area (Å²) >= 11 is 11.6. The van der Waals surface area contributed by atoms with Crippen LogP contribution in [0.1, 0.15) is 5.56 Å². The summed E-state index contributed by atoms with van der Waals surface area (Å²) in [4.78, 5) is 26.3. The van der Waals surface area contributed by atoms with Crippen molar-refractivity contribution in [3.63, 3.8) is 0 Å². The number of aromatic amines is 1. The molecular weight excluding hydrogens is 291 g/mol. The number of rotatable bonds is 2. The molecule has 0 saturated carbocycles. The van der Waals surface area contributed by atoms with Gasteiger partial charge >= 0.3 is 5.69 Å². The SMILES string of the molecule is COc1cc(-n2c(=O)[nH]c(Cl)c(C)c2=O)ccc1Cl. The van der Waals surface area contributed by atoms with Gasteiger partial charge in [0.05, 0.1) is 23.4 Å². The van der Waals surface area contributed by atoms with Gasteiger partial charge in [0.15, 0.2) is 0 Å². The van der Waals surface area contributed by atoms with Crippen molar-refractivity contribution in [2.45, 2.75) is 6.92 Å². The Morgan fingerprint density at radius 3 is 2.58 bits per heavy atom. The number of ether oxygens (including phenoxy) is 1. The fraction of sp³-hybridized carbons (Fsp3) is 0.167. The lowest BCUT2D eigenvalue weighted by Gasteiger charge is -2.09. The smallest absolute Gasteiger partial charge is 0.334 e. The molecule has 1 heterocycles. The summed E-state index contributed by atoms with van der Waals surface area (Å²) in [7, 11) is 1.45. The number of H-pyrrole nitrogens is 1. The van der Waals surface area contributed by atoms with Crippen molar-refractivity contribution < 1.29 is 4.74 Å². The predicted octanol–water partition coefficient (Wildman–Crippen LogP) is 2.15. The van der Waals surface area contributed by atoms with Gasteiger partial charge in [0, 0.05) is 6.07 Å². The van der Waals surface area contributed by atoms with Gasteiger partial charge in [0.2, 0.25) is 0 Å². The van der Waals surface area contributed by atoms with Crippen LogP contribution in [0.15, 0.2) is 27.8 Å². The van der Waals surface area contributed by atoms with Gasteiger partial charge in [-0.15, -0.1) is 0 Å². The van der Waals surface area contributed by atoms with Crippen LogP contribution in [0.5, 0.6) is 5.75 Å². The molecule has 0 radical (unpaired) electrons. The van der Waals surface area contributed by atoms with E-state index in [4.69, 9.17) is 27.9 Å². The Morgan fingerprint density at radius 2 is 1.95 bits per heavy atom. The van der Waals surface area contributed by atoms with Crippen LogP contribution < -0.4 is 16.0 Å². The Balaban J connectivity index is 2.76. The minimum Gasteiger partial charge on any atom is -0.495 e. The second-order valence-corrected chi connectivity index (χ2v) is 4.61. The van der Waals surface area contributed by atoms with Crippen LogP contribution in [0, 0.1) is 6.92 Å². The standard InChI is InChI=1S/C12H10Cl2N2O3/c1-6-10(14)15-12(18)16(11(6)17)7-3-4-8(13)9(5-7)19-2/h3-5H,1-2H3,(H,15,18). The first-order chi connectivity index (χ1) is 8.95. The highest BCUT2D eigenvalue weighted by molar-refractivity contribution is 6.32.